The van der Waals surface area contributed by atoms with Crippen LogP contribution in [0.4, 0.5) is 0 Å². The molecule has 5 nitrogen and oxygen atoms in total. The number of hydrogen-bond acceptors (Lipinski definition) is 3. The van der Waals surface area contributed by atoms with Crippen molar-refractivity contribution in [2.24, 2.45) is 0 Å². The topological polar surface area (TPSA) is 45.6 Å². The summed E-state index contributed by atoms with van der Waals surface area (Å²) in [5.74, 6) is 0.314. The van der Waals surface area contributed by atoms with Gasteiger partial charge in [-0.25, -0.2) is 8.42 Å². The minimum atomic E-state index is -3.42. The highest BCUT2D eigenvalue weighted by atomic mass is 35.5. The number of halogens is 1. The molecule has 1 aromatic heterocycles. The number of sulfonamides is 1. The summed E-state index contributed by atoms with van der Waals surface area (Å²) in [5, 5.41) is 0. The van der Waals surface area contributed by atoms with Crippen molar-refractivity contribution in [1.82, 2.24) is 13.8 Å². The lowest BCUT2D eigenvalue weighted by atomic mass is 10.2. The first-order chi connectivity index (χ1) is 9.77. The number of rotatable bonds is 5. The second-order valence-corrected chi connectivity index (χ2v) is 8.28. The molecule has 0 bridgehead atoms. The minimum Gasteiger partial charge on any atom is -0.346 e. The van der Waals surface area contributed by atoms with Crippen LogP contribution in [0.5, 0.6) is 0 Å². The quantitative estimate of drug-likeness (QED) is 0.775. The molecule has 2 rings (SSSR count). The third kappa shape index (κ3) is 3.28. The largest absolute Gasteiger partial charge is 0.346 e. The van der Waals surface area contributed by atoms with Gasteiger partial charge in [0.1, 0.15) is 4.90 Å². The molecule has 1 aromatic rings. The van der Waals surface area contributed by atoms with Gasteiger partial charge in [0, 0.05) is 37.1 Å². The van der Waals surface area contributed by atoms with Crippen molar-refractivity contribution in [2.45, 2.75) is 43.1 Å². The third-order valence-electron chi connectivity index (χ3n) is 4.09. The molecular formula is C14H24ClN3O2S. The number of alkyl halides is 1. The Morgan fingerprint density at radius 1 is 1.43 bits per heavy atom. The molecule has 0 saturated carbocycles. The first-order valence-electron chi connectivity index (χ1n) is 7.20. The van der Waals surface area contributed by atoms with E-state index in [0.29, 0.717) is 29.9 Å². The average Bonchev–Trinajstić information content (AvgIpc) is 3.06. The van der Waals surface area contributed by atoms with Gasteiger partial charge in [-0.05, 0) is 40.4 Å². The zero-order valence-corrected chi connectivity index (χ0v) is 14.7. The molecule has 0 radical (unpaired) electrons. The molecule has 1 saturated heterocycles. The summed E-state index contributed by atoms with van der Waals surface area (Å²) >= 11 is 5.93. The maximum atomic E-state index is 12.8. The van der Waals surface area contributed by atoms with E-state index in [0.717, 1.165) is 12.1 Å². The summed E-state index contributed by atoms with van der Waals surface area (Å²) in [6, 6.07) is 2.18. The smallest absolute Gasteiger partial charge is 0.244 e. The van der Waals surface area contributed by atoms with Crippen molar-refractivity contribution in [2.75, 3.05) is 27.2 Å². The van der Waals surface area contributed by atoms with Crippen LogP contribution in [-0.4, -0.2) is 55.4 Å². The normalized spacial score (nSPS) is 20.8. The lowest BCUT2D eigenvalue weighted by molar-refractivity contribution is 0.302. The first-order valence-corrected chi connectivity index (χ1v) is 9.18. The predicted molar refractivity (Wildman–Crippen MR) is 85.2 cm³/mol. The highest BCUT2D eigenvalue weighted by molar-refractivity contribution is 7.89. The summed E-state index contributed by atoms with van der Waals surface area (Å²) in [4.78, 5) is 2.44. The lowest BCUT2D eigenvalue weighted by Gasteiger charge is -2.20. The molecule has 7 heteroatoms. The van der Waals surface area contributed by atoms with Gasteiger partial charge in [-0.2, -0.15) is 4.31 Å². The minimum absolute atomic E-state index is 0.191. The molecule has 1 aliphatic rings. The Morgan fingerprint density at radius 2 is 2.10 bits per heavy atom. The summed E-state index contributed by atoms with van der Waals surface area (Å²) in [6.45, 7) is 5.17. The second kappa shape index (κ2) is 6.28. The van der Waals surface area contributed by atoms with E-state index in [9.17, 15) is 8.42 Å². The summed E-state index contributed by atoms with van der Waals surface area (Å²) in [7, 11) is 0.552. The Hall–Kier alpha value is -0.560. The second-order valence-electron chi connectivity index (χ2n) is 6.07. The van der Waals surface area contributed by atoms with E-state index in [1.54, 1.807) is 16.6 Å². The Morgan fingerprint density at radius 3 is 2.52 bits per heavy atom. The Balaban J connectivity index is 2.28. The van der Waals surface area contributed by atoms with Gasteiger partial charge in [0.2, 0.25) is 10.0 Å². The number of aromatic nitrogens is 1. The molecule has 1 fully saturated rings. The van der Waals surface area contributed by atoms with Crippen molar-refractivity contribution in [1.29, 1.82) is 0 Å². The van der Waals surface area contributed by atoms with Crippen LogP contribution in [0.25, 0.3) is 0 Å². The van der Waals surface area contributed by atoms with Crippen LogP contribution in [0.15, 0.2) is 17.2 Å². The predicted octanol–water partition coefficient (Wildman–Crippen LogP) is 2.13. The molecule has 1 unspecified atom stereocenters. The fourth-order valence-electron chi connectivity index (χ4n) is 2.72. The van der Waals surface area contributed by atoms with Gasteiger partial charge in [-0.15, -0.1) is 11.6 Å². The van der Waals surface area contributed by atoms with Gasteiger partial charge in [0.15, 0.2) is 0 Å². The molecule has 0 aliphatic carbocycles. The van der Waals surface area contributed by atoms with Crippen molar-refractivity contribution >= 4 is 21.6 Å². The van der Waals surface area contributed by atoms with Crippen LogP contribution in [0, 0.1) is 0 Å². The maximum Gasteiger partial charge on any atom is 0.244 e. The number of hydrogen-bond donors (Lipinski definition) is 0. The van der Waals surface area contributed by atoms with E-state index >= 15 is 0 Å². The van der Waals surface area contributed by atoms with E-state index in [4.69, 9.17) is 11.6 Å². The lowest BCUT2D eigenvalue weighted by Crippen LogP contribution is -2.34. The van der Waals surface area contributed by atoms with Gasteiger partial charge in [0.05, 0.1) is 5.88 Å². The Labute approximate surface area is 132 Å². The number of nitrogens with zero attached hydrogens (tertiary/aromatic N) is 3. The van der Waals surface area contributed by atoms with E-state index < -0.39 is 10.0 Å². The third-order valence-corrected chi connectivity index (χ3v) is 6.20. The average molecular weight is 334 g/mol. The van der Waals surface area contributed by atoms with Crippen LogP contribution in [0.1, 0.15) is 32.0 Å². The van der Waals surface area contributed by atoms with Gasteiger partial charge in [0.25, 0.3) is 0 Å². The molecule has 120 valence electrons. The maximum absolute atomic E-state index is 12.8. The van der Waals surface area contributed by atoms with Gasteiger partial charge in [-0.1, -0.05) is 0 Å². The van der Waals surface area contributed by atoms with Crippen molar-refractivity contribution in [3.63, 3.8) is 0 Å². The monoisotopic (exact) mass is 333 g/mol. The Bertz CT molecular complexity index is 595. The zero-order valence-electron chi connectivity index (χ0n) is 13.1. The van der Waals surface area contributed by atoms with Crippen LogP contribution >= 0.6 is 11.6 Å². The fourth-order valence-corrected chi connectivity index (χ4v) is 4.48. The van der Waals surface area contributed by atoms with Crippen molar-refractivity contribution in [3.8, 4) is 0 Å². The van der Waals surface area contributed by atoms with Crippen molar-refractivity contribution in [3.05, 3.63) is 18.0 Å². The molecule has 1 aliphatic heterocycles. The SMILES string of the molecule is CC(C)n1cc(S(=O)(=O)N2CCC(N(C)C)C2)cc1CCl. The summed E-state index contributed by atoms with van der Waals surface area (Å²) in [6.07, 6.45) is 2.58. The van der Waals surface area contributed by atoms with E-state index in [1.807, 2.05) is 32.5 Å². The van der Waals surface area contributed by atoms with E-state index in [1.165, 1.54) is 0 Å². The molecule has 2 heterocycles. The molecule has 0 aromatic carbocycles. The highest BCUT2D eigenvalue weighted by Crippen LogP contribution is 2.26. The number of likely N-dealkylation sites (N-methyl/N-ethyl adjacent to an activating group) is 1. The van der Waals surface area contributed by atoms with Crippen LogP contribution in [-0.2, 0) is 15.9 Å². The molecule has 0 N–H and O–H groups in total. The molecule has 0 spiro atoms. The zero-order chi connectivity index (χ0) is 15.8. The molecule has 0 amide bonds. The molecule has 21 heavy (non-hydrogen) atoms. The van der Waals surface area contributed by atoms with Crippen LogP contribution < -0.4 is 0 Å². The summed E-state index contributed by atoms with van der Waals surface area (Å²) < 4.78 is 29.0. The van der Waals surface area contributed by atoms with Gasteiger partial charge < -0.3 is 9.47 Å². The molecule has 1 atom stereocenters. The van der Waals surface area contributed by atoms with Crippen LogP contribution in [0.2, 0.25) is 0 Å². The standard InChI is InChI=1S/C14H24ClN3O2S/c1-11(2)18-10-14(7-13(18)8-15)21(19,20)17-6-5-12(9-17)16(3)4/h7,10-12H,5-6,8-9H2,1-4H3. The first kappa shape index (κ1) is 16.8. The van der Waals surface area contributed by atoms with Gasteiger partial charge >= 0.3 is 0 Å². The van der Waals surface area contributed by atoms with Crippen LogP contribution in [0.3, 0.4) is 0 Å². The molecular weight excluding hydrogens is 310 g/mol. The van der Waals surface area contributed by atoms with Gasteiger partial charge in [-0.3, -0.25) is 0 Å². The fraction of sp³-hybridized carbons (Fsp3) is 0.714. The van der Waals surface area contributed by atoms with Crippen molar-refractivity contribution < 1.29 is 8.42 Å². The van der Waals surface area contributed by atoms with E-state index in [-0.39, 0.29) is 6.04 Å². The summed E-state index contributed by atoms with van der Waals surface area (Å²) in [5.41, 5.74) is 0.841. The Kier molecular flexibility index (Phi) is 5.03. The van der Waals surface area contributed by atoms with E-state index in [2.05, 4.69) is 4.90 Å². The highest BCUT2D eigenvalue weighted by Gasteiger charge is 2.34.